The maximum Gasteiger partial charge on any atom is 0.472 e. The van der Waals surface area contributed by atoms with E-state index in [-0.39, 0.29) is 32.0 Å². The highest BCUT2D eigenvalue weighted by Crippen LogP contribution is 2.43. The monoisotopic (exact) mass is 731 g/mol. The molecule has 2 atom stereocenters. The Morgan fingerprint density at radius 3 is 1.60 bits per heavy atom. The van der Waals surface area contributed by atoms with Crippen LogP contribution in [0.25, 0.3) is 0 Å². The van der Waals surface area contributed by atoms with Crippen LogP contribution >= 0.6 is 7.82 Å². The number of ether oxygens (including phenoxy) is 2. The van der Waals surface area contributed by atoms with E-state index in [1.807, 2.05) is 21.1 Å². The Bertz CT molecular complexity index is 918. The number of quaternary nitrogens is 1. The SMILES string of the molecule is CCCCCC/C=C\C/C=C\CCCCCCCC(=O)OC(COC(=O)CCCCCCCCCCCC)COP(=O)(O)OCC[N+](C)(C)C. The largest absolute Gasteiger partial charge is 0.472 e. The molecule has 10 heteroatoms. The molecule has 1 N–H and O–H groups in total. The molecule has 0 rings (SSSR count). The van der Waals surface area contributed by atoms with Crippen molar-refractivity contribution in [2.75, 3.05) is 47.5 Å². The third-order valence-electron chi connectivity index (χ3n) is 8.48. The first-order chi connectivity index (χ1) is 24.0. The molecular formula is C40H77NO8P+. The molecule has 0 saturated carbocycles. The Morgan fingerprint density at radius 1 is 0.620 bits per heavy atom. The van der Waals surface area contributed by atoms with E-state index >= 15 is 0 Å². The molecule has 0 aromatic rings. The van der Waals surface area contributed by atoms with Crippen molar-refractivity contribution >= 4 is 19.8 Å². The minimum Gasteiger partial charge on any atom is -0.462 e. The minimum absolute atomic E-state index is 0.0302. The van der Waals surface area contributed by atoms with Gasteiger partial charge >= 0.3 is 19.8 Å². The number of likely N-dealkylation sites (N-methyl/N-ethyl adjacent to an activating group) is 1. The van der Waals surface area contributed by atoms with Gasteiger partial charge in [0.05, 0.1) is 27.7 Å². The number of esters is 2. The number of rotatable bonds is 36. The molecule has 0 aliphatic heterocycles. The molecular weight excluding hydrogens is 653 g/mol. The number of phosphoric acid groups is 1. The maximum atomic E-state index is 12.6. The highest BCUT2D eigenvalue weighted by molar-refractivity contribution is 7.47. The fourth-order valence-corrected chi connectivity index (χ4v) is 6.02. The Morgan fingerprint density at radius 2 is 1.08 bits per heavy atom. The summed E-state index contributed by atoms with van der Waals surface area (Å²) >= 11 is 0. The fraction of sp³-hybridized carbons (Fsp3) is 0.850. The first kappa shape index (κ1) is 48.5. The molecule has 294 valence electrons. The topological polar surface area (TPSA) is 108 Å². The lowest BCUT2D eigenvalue weighted by Crippen LogP contribution is -2.37. The van der Waals surface area contributed by atoms with Crippen LogP contribution in [0.15, 0.2) is 24.3 Å². The summed E-state index contributed by atoms with van der Waals surface area (Å²) in [5.74, 6) is -0.814. The average molecular weight is 731 g/mol. The zero-order valence-corrected chi connectivity index (χ0v) is 33.8. The number of unbranched alkanes of at least 4 members (excludes halogenated alkanes) is 18. The van der Waals surface area contributed by atoms with Gasteiger partial charge in [-0.25, -0.2) is 4.57 Å². The Balaban J connectivity index is 4.43. The summed E-state index contributed by atoms with van der Waals surface area (Å²) in [6.45, 7) is 4.37. The normalized spacial score (nSPS) is 14.0. The quantitative estimate of drug-likeness (QED) is 0.0223. The summed E-state index contributed by atoms with van der Waals surface area (Å²) in [4.78, 5) is 35.2. The standard InChI is InChI=1S/C40H76NO8P/c1-6-8-10-12-14-16-18-19-20-21-22-23-25-27-29-31-33-40(43)49-38(37-48-50(44,45)47-35-34-41(3,4)5)36-46-39(42)32-30-28-26-24-17-15-13-11-9-7-2/h16,18,20-21,38H,6-15,17,19,22-37H2,1-5H3/p+1/b18-16-,21-20-. The van der Waals surface area contributed by atoms with Crippen molar-refractivity contribution in [3.05, 3.63) is 24.3 Å². The molecule has 9 nitrogen and oxygen atoms in total. The molecule has 0 aliphatic carbocycles. The van der Waals surface area contributed by atoms with E-state index in [4.69, 9.17) is 18.5 Å². The van der Waals surface area contributed by atoms with Crippen LogP contribution < -0.4 is 0 Å². The highest BCUT2D eigenvalue weighted by atomic mass is 31.2. The van der Waals surface area contributed by atoms with E-state index in [0.717, 1.165) is 57.8 Å². The van der Waals surface area contributed by atoms with Crippen LogP contribution in [-0.4, -0.2) is 74.9 Å². The maximum absolute atomic E-state index is 12.6. The van der Waals surface area contributed by atoms with Crippen molar-refractivity contribution in [2.24, 2.45) is 0 Å². The molecule has 0 fully saturated rings. The van der Waals surface area contributed by atoms with Gasteiger partial charge in [0.1, 0.15) is 19.8 Å². The van der Waals surface area contributed by atoms with E-state index in [2.05, 4.69) is 38.2 Å². The van der Waals surface area contributed by atoms with Gasteiger partial charge in [-0.15, -0.1) is 0 Å². The summed E-state index contributed by atoms with van der Waals surface area (Å²) in [5.41, 5.74) is 0. The van der Waals surface area contributed by atoms with Gasteiger partial charge in [0, 0.05) is 12.8 Å². The van der Waals surface area contributed by atoms with E-state index < -0.39 is 26.5 Å². The van der Waals surface area contributed by atoms with Crippen molar-refractivity contribution in [1.82, 2.24) is 0 Å². The lowest BCUT2D eigenvalue weighted by molar-refractivity contribution is -0.870. The second-order valence-corrected chi connectivity index (χ2v) is 16.1. The third-order valence-corrected chi connectivity index (χ3v) is 9.47. The number of hydrogen-bond donors (Lipinski definition) is 1. The number of allylic oxidation sites excluding steroid dienone is 4. The van der Waals surface area contributed by atoms with Gasteiger partial charge in [-0.05, 0) is 44.9 Å². The van der Waals surface area contributed by atoms with E-state index in [0.29, 0.717) is 17.4 Å². The molecule has 0 heterocycles. The summed E-state index contributed by atoms with van der Waals surface area (Å²) in [7, 11) is 1.47. The number of carbonyl (C=O) groups excluding carboxylic acids is 2. The number of hydrogen-bond acceptors (Lipinski definition) is 7. The fourth-order valence-electron chi connectivity index (χ4n) is 5.28. The zero-order valence-electron chi connectivity index (χ0n) is 32.9. The molecule has 0 radical (unpaired) electrons. The Kier molecular flexibility index (Phi) is 32.3. The summed E-state index contributed by atoms with van der Waals surface area (Å²) in [6, 6.07) is 0. The number of carbonyl (C=O) groups is 2. The summed E-state index contributed by atoms with van der Waals surface area (Å²) in [6.07, 6.45) is 33.6. The molecule has 50 heavy (non-hydrogen) atoms. The first-order valence-electron chi connectivity index (χ1n) is 20.1. The first-order valence-corrected chi connectivity index (χ1v) is 21.6. The van der Waals surface area contributed by atoms with Crippen LogP contribution in [0.4, 0.5) is 0 Å². The molecule has 0 spiro atoms. The Labute approximate surface area is 307 Å². The van der Waals surface area contributed by atoms with Crippen molar-refractivity contribution in [2.45, 2.75) is 174 Å². The highest BCUT2D eigenvalue weighted by Gasteiger charge is 2.27. The van der Waals surface area contributed by atoms with E-state index in [1.165, 1.54) is 77.0 Å². The lowest BCUT2D eigenvalue weighted by Gasteiger charge is -2.24. The van der Waals surface area contributed by atoms with Gasteiger partial charge in [0.15, 0.2) is 6.10 Å². The smallest absolute Gasteiger partial charge is 0.462 e. The predicted molar refractivity (Wildman–Crippen MR) is 206 cm³/mol. The molecule has 0 saturated heterocycles. The second-order valence-electron chi connectivity index (χ2n) is 14.7. The van der Waals surface area contributed by atoms with Crippen LogP contribution in [0, 0.1) is 0 Å². The molecule has 0 aromatic heterocycles. The van der Waals surface area contributed by atoms with Crippen LogP contribution in [0.1, 0.15) is 168 Å². The van der Waals surface area contributed by atoms with Gasteiger partial charge in [-0.1, -0.05) is 134 Å². The second kappa shape index (κ2) is 33.3. The van der Waals surface area contributed by atoms with Gasteiger partial charge < -0.3 is 18.9 Å². The zero-order chi connectivity index (χ0) is 37.2. The van der Waals surface area contributed by atoms with Crippen LogP contribution in [0.2, 0.25) is 0 Å². The molecule has 0 aromatic carbocycles. The lowest BCUT2D eigenvalue weighted by atomic mass is 10.1. The predicted octanol–water partition coefficient (Wildman–Crippen LogP) is 10.8. The minimum atomic E-state index is -4.37. The van der Waals surface area contributed by atoms with Crippen LogP contribution in [-0.2, 0) is 32.7 Å². The third kappa shape index (κ3) is 36.3. The van der Waals surface area contributed by atoms with Crippen molar-refractivity contribution in [3.8, 4) is 0 Å². The summed E-state index contributed by atoms with van der Waals surface area (Å²) < 4.78 is 34.2. The number of nitrogens with zero attached hydrogens (tertiary/aromatic N) is 1. The van der Waals surface area contributed by atoms with Crippen molar-refractivity contribution < 1.29 is 42.1 Å². The van der Waals surface area contributed by atoms with Gasteiger partial charge in [0.2, 0.25) is 0 Å². The molecule has 2 unspecified atom stereocenters. The van der Waals surface area contributed by atoms with Crippen molar-refractivity contribution in [1.29, 1.82) is 0 Å². The van der Waals surface area contributed by atoms with Gasteiger partial charge in [-0.2, -0.15) is 0 Å². The summed E-state index contributed by atoms with van der Waals surface area (Å²) in [5, 5.41) is 0. The van der Waals surface area contributed by atoms with Crippen molar-refractivity contribution in [3.63, 3.8) is 0 Å². The van der Waals surface area contributed by atoms with E-state index in [1.54, 1.807) is 0 Å². The Hall–Kier alpha value is -1.51. The molecule has 0 aliphatic rings. The molecule has 0 amide bonds. The van der Waals surface area contributed by atoms with Crippen LogP contribution in [0.3, 0.4) is 0 Å². The van der Waals surface area contributed by atoms with E-state index in [9.17, 15) is 19.0 Å². The van der Waals surface area contributed by atoms with Gasteiger partial charge in [-0.3, -0.25) is 18.6 Å². The molecule has 0 bridgehead atoms. The van der Waals surface area contributed by atoms with Gasteiger partial charge in [0.25, 0.3) is 0 Å². The number of phosphoric ester groups is 1. The van der Waals surface area contributed by atoms with Crippen LogP contribution in [0.5, 0.6) is 0 Å². The average Bonchev–Trinajstić information content (AvgIpc) is 3.06.